The maximum atomic E-state index is 12.4. The quantitative estimate of drug-likeness (QED) is 0.712. The minimum atomic E-state index is -3.17. The number of ether oxygens (including phenoxy) is 1. The molecule has 1 aliphatic heterocycles. The largest absolute Gasteiger partial charge is 0.451 e. The van der Waals surface area contributed by atoms with Crippen molar-refractivity contribution in [1.82, 2.24) is 15.1 Å². The smallest absolute Gasteiger partial charge is 0.359 e. The summed E-state index contributed by atoms with van der Waals surface area (Å²) in [5.74, 6) is -1.58. The number of carbonyl (C=O) groups is 2. The van der Waals surface area contributed by atoms with E-state index in [1.807, 2.05) is 0 Å². The topological polar surface area (TPSA) is 124 Å². The minimum absolute atomic E-state index is 0.0114. The maximum Gasteiger partial charge on any atom is 0.359 e. The molecule has 1 aromatic carbocycles. The molecule has 1 amide bonds. The van der Waals surface area contributed by atoms with Crippen LogP contribution >= 0.6 is 0 Å². The van der Waals surface area contributed by atoms with Crippen molar-refractivity contribution in [1.29, 1.82) is 0 Å². The third-order valence-corrected chi connectivity index (χ3v) is 6.33. The Hall–Kier alpha value is -2.75. The molecule has 9 nitrogen and oxygen atoms in total. The van der Waals surface area contributed by atoms with Crippen LogP contribution < -0.4 is 10.9 Å². The molecule has 1 unspecified atom stereocenters. The lowest BCUT2D eigenvalue weighted by Crippen LogP contribution is -2.48. The number of fused-ring (bicyclic) bond motifs is 1. The van der Waals surface area contributed by atoms with Crippen LogP contribution in [-0.4, -0.2) is 53.7 Å². The number of nitrogens with zero attached hydrogens (tertiary/aromatic N) is 2. The fourth-order valence-corrected chi connectivity index (χ4v) is 5.22. The average molecular weight is 393 g/mol. The van der Waals surface area contributed by atoms with Crippen molar-refractivity contribution in [3.05, 3.63) is 40.3 Å². The van der Waals surface area contributed by atoms with E-state index in [1.165, 1.54) is 7.05 Å². The van der Waals surface area contributed by atoms with Crippen LogP contribution in [0.3, 0.4) is 0 Å². The molecule has 1 atom stereocenters. The van der Waals surface area contributed by atoms with Crippen molar-refractivity contribution in [2.45, 2.75) is 18.9 Å². The second-order valence-corrected chi connectivity index (χ2v) is 9.03. The van der Waals surface area contributed by atoms with Gasteiger partial charge in [-0.05, 0) is 19.4 Å². The molecule has 0 saturated carbocycles. The molecule has 144 valence electrons. The Morgan fingerprint density at radius 3 is 2.59 bits per heavy atom. The summed E-state index contributed by atoms with van der Waals surface area (Å²) in [4.78, 5) is 36.5. The molecule has 0 spiro atoms. The lowest BCUT2D eigenvalue weighted by Gasteiger charge is -2.23. The number of carbonyl (C=O) groups excluding carboxylic acids is 2. The van der Waals surface area contributed by atoms with Gasteiger partial charge in [-0.2, -0.15) is 5.10 Å². The van der Waals surface area contributed by atoms with E-state index >= 15 is 0 Å². The van der Waals surface area contributed by atoms with E-state index in [1.54, 1.807) is 31.2 Å². The molecule has 1 N–H and O–H groups in total. The number of amides is 1. The first-order valence-electron chi connectivity index (χ1n) is 8.25. The van der Waals surface area contributed by atoms with Crippen LogP contribution in [0, 0.1) is 0 Å². The van der Waals surface area contributed by atoms with Crippen LogP contribution in [-0.2, 0) is 26.4 Å². The number of rotatable bonds is 4. The van der Waals surface area contributed by atoms with E-state index < -0.39 is 33.9 Å². The van der Waals surface area contributed by atoms with Gasteiger partial charge in [-0.1, -0.05) is 18.2 Å². The molecular formula is C17H19N3O6S. The second-order valence-electron chi connectivity index (χ2n) is 6.85. The van der Waals surface area contributed by atoms with Gasteiger partial charge in [-0.25, -0.2) is 17.9 Å². The van der Waals surface area contributed by atoms with E-state index in [2.05, 4.69) is 10.4 Å². The monoisotopic (exact) mass is 393 g/mol. The van der Waals surface area contributed by atoms with Crippen LogP contribution in [0.15, 0.2) is 29.1 Å². The van der Waals surface area contributed by atoms with E-state index in [0.29, 0.717) is 17.2 Å². The first-order chi connectivity index (χ1) is 12.6. The Morgan fingerprint density at radius 2 is 1.96 bits per heavy atom. The van der Waals surface area contributed by atoms with Crippen molar-refractivity contribution in [3.63, 3.8) is 0 Å². The van der Waals surface area contributed by atoms with Crippen LogP contribution in [0.25, 0.3) is 10.8 Å². The number of nitrogens with one attached hydrogen (secondary N) is 1. The zero-order valence-corrected chi connectivity index (χ0v) is 15.7. The molecule has 0 radical (unpaired) electrons. The molecule has 1 aromatic heterocycles. The number of benzene rings is 1. The Labute approximate surface area is 155 Å². The first-order valence-corrected chi connectivity index (χ1v) is 10.1. The summed E-state index contributed by atoms with van der Waals surface area (Å²) in [6.45, 7) is 1.06. The Morgan fingerprint density at radius 1 is 1.30 bits per heavy atom. The standard InChI is InChI=1S/C17H19N3O6S/c1-17(7-8-27(24,25)10-17)18-13(21)9-26-16(23)14-11-5-3-4-6-12(11)15(22)20(2)19-14/h3-6H,7-10H2,1-2H3,(H,18,21). The molecule has 1 aliphatic rings. The second kappa shape index (κ2) is 6.76. The predicted octanol–water partition coefficient (Wildman–Crippen LogP) is -0.216. The number of hydrogen-bond acceptors (Lipinski definition) is 7. The lowest BCUT2D eigenvalue weighted by molar-refractivity contribution is -0.125. The van der Waals surface area contributed by atoms with Gasteiger partial charge in [0.05, 0.1) is 22.4 Å². The zero-order valence-electron chi connectivity index (χ0n) is 14.9. The summed E-state index contributed by atoms with van der Waals surface area (Å²) in [7, 11) is -1.76. The van der Waals surface area contributed by atoms with E-state index in [9.17, 15) is 22.8 Å². The van der Waals surface area contributed by atoms with E-state index in [4.69, 9.17) is 4.74 Å². The van der Waals surface area contributed by atoms with Crippen LogP contribution in [0.2, 0.25) is 0 Å². The van der Waals surface area contributed by atoms with Gasteiger partial charge in [0, 0.05) is 12.4 Å². The molecular weight excluding hydrogens is 374 g/mol. The summed E-state index contributed by atoms with van der Waals surface area (Å²) in [6, 6.07) is 6.48. The number of esters is 1. The van der Waals surface area contributed by atoms with Crippen LogP contribution in [0.4, 0.5) is 0 Å². The zero-order chi connectivity index (χ0) is 19.8. The highest BCUT2D eigenvalue weighted by Gasteiger charge is 2.39. The highest BCUT2D eigenvalue weighted by molar-refractivity contribution is 7.91. The van der Waals surface area contributed by atoms with Gasteiger partial charge in [0.25, 0.3) is 11.5 Å². The molecule has 10 heteroatoms. The summed E-state index contributed by atoms with van der Waals surface area (Å²) in [5, 5.41) is 7.19. The summed E-state index contributed by atoms with van der Waals surface area (Å²) >= 11 is 0. The molecule has 0 bridgehead atoms. The van der Waals surface area contributed by atoms with Gasteiger partial charge in [-0.3, -0.25) is 9.59 Å². The SMILES string of the molecule is Cn1nc(C(=O)OCC(=O)NC2(C)CCS(=O)(=O)C2)c2ccccc2c1=O. The van der Waals surface area contributed by atoms with Gasteiger partial charge in [0.2, 0.25) is 0 Å². The normalized spacial score (nSPS) is 21.1. The first kappa shape index (κ1) is 19.0. The Kier molecular flexibility index (Phi) is 4.77. The van der Waals surface area contributed by atoms with Gasteiger partial charge in [0.1, 0.15) is 0 Å². The van der Waals surface area contributed by atoms with Gasteiger partial charge < -0.3 is 10.1 Å². The van der Waals surface area contributed by atoms with Crippen molar-refractivity contribution in [2.24, 2.45) is 7.05 Å². The molecule has 1 fully saturated rings. The predicted molar refractivity (Wildman–Crippen MR) is 97.1 cm³/mol. The third kappa shape index (κ3) is 4.00. The van der Waals surface area contributed by atoms with Crippen molar-refractivity contribution >= 4 is 32.5 Å². The fraction of sp³-hybridized carbons (Fsp3) is 0.412. The Bertz CT molecular complexity index is 1090. The van der Waals surface area contributed by atoms with Crippen LogP contribution in [0.5, 0.6) is 0 Å². The molecule has 1 saturated heterocycles. The van der Waals surface area contributed by atoms with Crippen LogP contribution in [0.1, 0.15) is 23.8 Å². The van der Waals surface area contributed by atoms with E-state index in [0.717, 1.165) is 4.68 Å². The highest BCUT2D eigenvalue weighted by Crippen LogP contribution is 2.22. The fourth-order valence-electron chi connectivity index (χ4n) is 3.13. The average Bonchev–Trinajstić information content (AvgIpc) is 2.88. The number of aromatic nitrogens is 2. The molecule has 0 aliphatic carbocycles. The lowest BCUT2D eigenvalue weighted by atomic mass is 10.0. The highest BCUT2D eigenvalue weighted by atomic mass is 32.2. The summed E-state index contributed by atoms with van der Waals surface area (Å²) in [6.07, 6.45) is 0.308. The van der Waals surface area contributed by atoms with Crippen molar-refractivity contribution in [3.8, 4) is 0 Å². The maximum absolute atomic E-state index is 12.4. The molecule has 27 heavy (non-hydrogen) atoms. The van der Waals surface area contributed by atoms with Crippen molar-refractivity contribution in [2.75, 3.05) is 18.1 Å². The Balaban J connectivity index is 1.72. The van der Waals surface area contributed by atoms with Gasteiger partial charge in [-0.15, -0.1) is 0 Å². The number of aryl methyl sites for hydroxylation is 1. The van der Waals surface area contributed by atoms with Gasteiger partial charge >= 0.3 is 5.97 Å². The van der Waals surface area contributed by atoms with Crippen molar-refractivity contribution < 1.29 is 22.7 Å². The summed E-state index contributed by atoms with van der Waals surface area (Å²) < 4.78 is 29.2. The summed E-state index contributed by atoms with van der Waals surface area (Å²) in [5.41, 5.74) is -1.30. The number of sulfone groups is 1. The number of hydrogen-bond donors (Lipinski definition) is 1. The molecule has 2 aromatic rings. The third-order valence-electron chi connectivity index (χ3n) is 4.43. The minimum Gasteiger partial charge on any atom is -0.451 e. The van der Waals surface area contributed by atoms with E-state index in [-0.39, 0.29) is 22.8 Å². The van der Waals surface area contributed by atoms with Gasteiger partial charge in [0.15, 0.2) is 22.1 Å². The molecule has 2 heterocycles. The molecule has 3 rings (SSSR count).